The molecule has 0 aliphatic carbocycles. The first kappa shape index (κ1) is 43.0. The number of anilines is 6. The van der Waals surface area contributed by atoms with E-state index < -0.39 is 0 Å². The van der Waals surface area contributed by atoms with Crippen LogP contribution in [-0.2, 0) is 16.2 Å². The van der Waals surface area contributed by atoms with Crippen LogP contribution in [0.25, 0.3) is 43.4 Å². The van der Waals surface area contributed by atoms with Crippen LogP contribution < -0.4 is 26.2 Å². The second-order valence-corrected chi connectivity index (χ2v) is 21.5. The molecule has 0 radical (unpaired) electrons. The minimum absolute atomic E-state index is 0.0102. The van der Waals surface area contributed by atoms with E-state index in [1.807, 2.05) is 0 Å². The summed E-state index contributed by atoms with van der Waals surface area (Å²) >= 11 is 0. The molecule has 11 rings (SSSR count). The maximum Gasteiger partial charge on any atom is 0.252 e. The van der Waals surface area contributed by atoms with E-state index in [2.05, 4.69) is 243 Å². The summed E-state index contributed by atoms with van der Waals surface area (Å²) in [6, 6.07) is 63.5. The van der Waals surface area contributed by atoms with Crippen LogP contribution in [0.4, 0.5) is 34.1 Å². The van der Waals surface area contributed by atoms with Gasteiger partial charge >= 0.3 is 0 Å². The Balaban J connectivity index is 1.20. The summed E-state index contributed by atoms with van der Waals surface area (Å²) in [5.74, 6) is 0. The molecule has 0 unspecified atom stereocenters. The van der Waals surface area contributed by atoms with Gasteiger partial charge in [-0.15, -0.1) is 0 Å². The lowest BCUT2D eigenvalue weighted by molar-refractivity contribution is 0.506. The number of benzene rings is 9. The molecule has 332 valence electrons. The lowest BCUT2D eigenvalue weighted by atomic mass is 9.33. The quantitative estimate of drug-likeness (QED) is 0.105. The second-order valence-electron chi connectivity index (χ2n) is 21.5. The highest BCUT2D eigenvalue weighted by Crippen LogP contribution is 2.48. The van der Waals surface area contributed by atoms with Gasteiger partial charge in [0.05, 0.1) is 5.69 Å². The van der Waals surface area contributed by atoms with Crippen LogP contribution in [0.15, 0.2) is 164 Å². The first-order valence-corrected chi connectivity index (χ1v) is 24.8. The monoisotopic (exact) mass is 871 g/mol. The Morgan fingerprint density at radius 3 is 1.40 bits per heavy atom. The van der Waals surface area contributed by atoms with Crippen molar-refractivity contribution in [2.24, 2.45) is 0 Å². The summed E-state index contributed by atoms with van der Waals surface area (Å²) in [7, 11) is 0. The molecule has 3 heteroatoms. The van der Waals surface area contributed by atoms with Crippen molar-refractivity contribution < 1.29 is 0 Å². The molecule has 0 bridgehead atoms. The molecule has 9 aromatic carbocycles. The van der Waals surface area contributed by atoms with Gasteiger partial charge in [0.25, 0.3) is 6.71 Å². The SMILES string of the molecule is CCC(C)(C)c1ccc(N2c3ccc(C(C)(C)CC)cc3B3c4cc(C(C)(C)CC)ccc4N(c4ccc(C)cc4-c4ccc5c6ccccc6c6ccccc6c5c4)c4cccc2c43)cc1. The van der Waals surface area contributed by atoms with Crippen LogP contribution in [-0.4, -0.2) is 6.71 Å². The van der Waals surface area contributed by atoms with E-state index in [-0.39, 0.29) is 23.0 Å². The molecule has 0 saturated carbocycles. The fraction of sp³-hybridized carbons (Fsp3) is 0.250. The molecule has 0 N–H and O–H groups in total. The molecule has 2 nitrogen and oxygen atoms in total. The van der Waals surface area contributed by atoms with Crippen molar-refractivity contribution in [1.29, 1.82) is 0 Å². The van der Waals surface area contributed by atoms with Crippen molar-refractivity contribution in [3.63, 3.8) is 0 Å². The zero-order chi connectivity index (χ0) is 46.6. The van der Waals surface area contributed by atoms with Gasteiger partial charge in [0.15, 0.2) is 0 Å². The molecule has 0 amide bonds. The fourth-order valence-corrected chi connectivity index (χ4v) is 11.1. The summed E-state index contributed by atoms with van der Waals surface area (Å²) in [4.78, 5) is 5.18. The zero-order valence-corrected chi connectivity index (χ0v) is 41.2. The van der Waals surface area contributed by atoms with Crippen molar-refractivity contribution in [2.45, 2.75) is 105 Å². The van der Waals surface area contributed by atoms with Crippen LogP contribution in [0.5, 0.6) is 0 Å². The topological polar surface area (TPSA) is 6.48 Å². The number of fused-ring (bicyclic) bond motifs is 10. The first-order chi connectivity index (χ1) is 32.2. The highest BCUT2D eigenvalue weighted by atomic mass is 15.2. The molecule has 0 atom stereocenters. The van der Waals surface area contributed by atoms with Crippen LogP contribution in [0, 0.1) is 6.92 Å². The molecule has 2 aliphatic heterocycles. The van der Waals surface area contributed by atoms with Crippen LogP contribution >= 0.6 is 0 Å². The van der Waals surface area contributed by atoms with E-state index >= 15 is 0 Å². The molecule has 67 heavy (non-hydrogen) atoms. The van der Waals surface area contributed by atoms with E-state index in [1.54, 1.807) is 0 Å². The van der Waals surface area contributed by atoms with Gasteiger partial charge in [0.2, 0.25) is 0 Å². The predicted molar refractivity (Wildman–Crippen MR) is 293 cm³/mol. The van der Waals surface area contributed by atoms with Crippen molar-refractivity contribution in [3.05, 3.63) is 186 Å². The Morgan fingerprint density at radius 1 is 0.388 bits per heavy atom. The maximum atomic E-state index is 2.61. The third-order valence-corrected chi connectivity index (χ3v) is 16.6. The largest absolute Gasteiger partial charge is 0.311 e. The summed E-state index contributed by atoms with van der Waals surface area (Å²) in [6.45, 7) is 23.5. The van der Waals surface area contributed by atoms with E-state index in [0.717, 1.165) is 19.3 Å². The van der Waals surface area contributed by atoms with Gasteiger partial charge in [0, 0.05) is 34.0 Å². The van der Waals surface area contributed by atoms with Gasteiger partial charge < -0.3 is 9.80 Å². The molecule has 0 spiro atoms. The van der Waals surface area contributed by atoms with Gasteiger partial charge in [-0.25, -0.2) is 0 Å². The normalized spacial score (nSPS) is 13.6. The number of rotatable bonds is 9. The average Bonchev–Trinajstić information content (AvgIpc) is 3.36. The summed E-state index contributed by atoms with van der Waals surface area (Å²) in [6.07, 6.45) is 3.20. The lowest BCUT2D eigenvalue weighted by Gasteiger charge is -2.45. The number of hydrogen-bond acceptors (Lipinski definition) is 2. The van der Waals surface area contributed by atoms with Gasteiger partial charge in [-0.1, -0.05) is 177 Å². The molecular weight excluding hydrogens is 808 g/mol. The molecule has 0 fully saturated rings. The summed E-state index contributed by atoms with van der Waals surface area (Å²) in [5.41, 5.74) is 19.5. The Kier molecular flexibility index (Phi) is 10.1. The van der Waals surface area contributed by atoms with Crippen molar-refractivity contribution in [1.82, 2.24) is 0 Å². The Bertz CT molecular complexity index is 3390. The van der Waals surface area contributed by atoms with Gasteiger partial charge in [-0.3, -0.25) is 0 Å². The van der Waals surface area contributed by atoms with Gasteiger partial charge in [-0.2, -0.15) is 0 Å². The Hall–Kier alpha value is -6.58. The van der Waals surface area contributed by atoms with E-state index in [0.29, 0.717) is 0 Å². The molecule has 2 heterocycles. The van der Waals surface area contributed by atoms with Crippen molar-refractivity contribution in [2.75, 3.05) is 9.80 Å². The Labute approximate surface area is 399 Å². The van der Waals surface area contributed by atoms with Crippen LogP contribution in [0.3, 0.4) is 0 Å². The van der Waals surface area contributed by atoms with E-state index in [9.17, 15) is 0 Å². The molecule has 2 aliphatic rings. The Morgan fingerprint density at radius 2 is 0.851 bits per heavy atom. The highest BCUT2D eigenvalue weighted by molar-refractivity contribution is 7.00. The van der Waals surface area contributed by atoms with E-state index in [1.165, 1.54) is 116 Å². The predicted octanol–water partition coefficient (Wildman–Crippen LogP) is 16.3. The summed E-state index contributed by atoms with van der Waals surface area (Å²) in [5, 5.41) is 7.76. The number of nitrogens with zero attached hydrogens (tertiary/aromatic N) is 2. The van der Waals surface area contributed by atoms with Crippen molar-refractivity contribution in [3.8, 4) is 11.1 Å². The highest BCUT2D eigenvalue weighted by Gasteiger charge is 2.44. The lowest BCUT2D eigenvalue weighted by Crippen LogP contribution is -2.61. The molecular formula is C64H63BN2. The van der Waals surface area contributed by atoms with Crippen LogP contribution in [0.1, 0.15) is 104 Å². The van der Waals surface area contributed by atoms with E-state index in [4.69, 9.17) is 0 Å². The maximum absolute atomic E-state index is 2.61. The van der Waals surface area contributed by atoms with Crippen molar-refractivity contribution >= 4 is 89.5 Å². The smallest absolute Gasteiger partial charge is 0.252 e. The number of hydrogen-bond donors (Lipinski definition) is 0. The third kappa shape index (κ3) is 6.75. The molecule has 0 saturated heterocycles. The van der Waals surface area contributed by atoms with Gasteiger partial charge in [-0.05, 0) is 168 Å². The minimum Gasteiger partial charge on any atom is -0.311 e. The number of aryl methyl sites for hydroxylation is 1. The van der Waals surface area contributed by atoms with Crippen LogP contribution in [0.2, 0.25) is 0 Å². The fourth-order valence-electron chi connectivity index (χ4n) is 11.1. The zero-order valence-electron chi connectivity index (χ0n) is 41.2. The molecule has 9 aromatic rings. The van der Waals surface area contributed by atoms with Gasteiger partial charge in [0.1, 0.15) is 0 Å². The average molecular weight is 871 g/mol. The molecule has 0 aromatic heterocycles. The second kappa shape index (κ2) is 15.8. The minimum atomic E-state index is 0.0102. The first-order valence-electron chi connectivity index (χ1n) is 24.8. The summed E-state index contributed by atoms with van der Waals surface area (Å²) < 4.78 is 0. The third-order valence-electron chi connectivity index (χ3n) is 16.6. The standard InChI is InChI=1S/C64H63BN2/c1-11-62(5,6)43-27-31-46(32-28-43)66-57-35-29-44(63(7,8)12-2)39-54(57)65-55-40-45(64(9,10)13-3)30-36-58(55)67(60-24-18-23-59(66)61(60)65)56-34-25-41(4)37-52(56)42-26-33-51-49-21-15-14-19-47(49)48-20-16-17-22-50(48)53(51)38-42/h14-40H,11-13H2,1-10H3.